The van der Waals surface area contributed by atoms with Gasteiger partial charge in [0.2, 0.25) is 0 Å². The highest BCUT2D eigenvalue weighted by atomic mass is 16.6. The second-order valence-corrected chi connectivity index (χ2v) is 4.79. The second-order valence-electron chi connectivity index (χ2n) is 4.79. The van der Waals surface area contributed by atoms with E-state index in [9.17, 15) is 10.1 Å². The van der Waals surface area contributed by atoms with Crippen LogP contribution in [-0.4, -0.2) is 22.2 Å². The molecule has 20 heavy (non-hydrogen) atoms. The fourth-order valence-corrected chi connectivity index (χ4v) is 1.56. The Hall–Kier alpha value is -2.48. The highest BCUT2D eigenvalue weighted by Gasteiger charge is 2.23. The van der Waals surface area contributed by atoms with Gasteiger partial charge in [0.25, 0.3) is 5.89 Å². The van der Waals surface area contributed by atoms with Gasteiger partial charge in [0, 0.05) is 17.7 Å². The van der Waals surface area contributed by atoms with Crippen LogP contribution in [0.15, 0.2) is 22.7 Å². The van der Waals surface area contributed by atoms with E-state index in [1.165, 1.54) is 25.3 Å². The van der Waals surface area contributed by atoms with E-state index in [0.29, 0.717) is 11.4 Å². The molecule has 0 aliphatic carbocycles. The molecule has 0 radical (unpaired) electrons. The van der Waals surface area contributed by atoms with Gasteiger partial charge in [0.15, 0.2) is 11.6 Å². The Morgan fingerprint density at radius 3 is 2.65 bits per heavy atom. The van der Waals surface area contributed by atoms with Crippen LogP contribution in [0.2, 0.25) is 0 Å². The fraction of sp³-hybridized carbons (Fsp3) is 0.333. The number of nitro benzene ring substituents is 1. The minimum absolute atomic E-state index is 0.124. The second kappa shape index (κ2) is 4.89. The Morgan fingerprint density at radius 1 is 1.45 bits per heavy atom. The first-order valence-corrected chi connectivity index (χ1v) is 5.79. The van der Waals surface area contributed by atoms with Gasteiger partial charge >= 0.3 is 5.69 Å². The number of nitrogens with two attached hydrogens (primary N) is 1. The van der Waals surface area contributed by atoms with Crippen LogP contribution >= 0.6 is 0 Å². The van der Waals surface area contributed by atoms with Gasteiger partial charge in [-0.05, 0) is 19.9 Å². The van der Waals surface area contributed by atoms with Gasteiger partial charge < -0.3 is 15.0 Å². The van der Waals surface area contributed by atoms with Crippen molar-refractivity contribution in [3.63, 3.8) is 0 Å². The summed E-state index contributed by atoms with van der Waals surface area (Å²) in [6, 6.07) is 4.31. The van der Waals surface area contributed by atoms with Crippen LogP contribution in [-0.2, 0) is 5.54 Å². The zero-order valence-electron chi connectivity index (χ0n) is 11.3. The van der Waals surface area contributed by atoms with Gasteiger partial charge in [0.05, 0.1) is 17.6 Å². The molecular formula is C12H14N4O4. The van der Waals surface area contributed by atoms with Crippen LogP contribution < -0.4 is 10.5 Å². The molecule has 0 aliphatic heterocycles. The summed E-state index contributed by atoms with van der Waals surface area (Å²) in [4.78, 5) is 14.5. The van der Waals surface area contributed by atoms with Crippen molar-refractivity contribution in [3.8, 4) is 17.2 Å². The van der Waals surface area contributed by atoms with E-state index in [1.54, 1.807) is 13.8 Å². The van der Waals surface area contributed by atoms with E-state index in [0.717, 1.165) is 0 Å². The van der Waals surface area contributed by atoms with Crippen LogP contribution in [0.1, 0.15) is 19.7 Å². The van der Waals surface area contributed by atoms with Crippen LogP contribution in [0.5, 0.6) is 5.75 Å². The maximum Gasteiger partial charge on any atom is 0.310 e. The third-order valence-corrected chi connectivity index (χ3v) is 2.63. The van der Waals surface area contributed by atoms with Gasteiger partial charge in [-0.2, -0.15) is 4.98 Å². The third-order valence-electron chi connectivity index (χ3n) is 2.63. The number of methoxy groups -OCH3 is 1. The molecule has 0 saturated heterocycles. The molecule has 1 heterocycles. The molecule has 0 saturated carbocycles. The van der Waals surface area contributed by atoms with Crippen LogP contribution in [0.4, 0.5) is 5.69 Å². The topological polar surface area (TPSA) is 117 Å². The summed E-state index contributed by atoms with van der Waals surface area (Å²) in [7, 11) is 1.36. The SMILES string of the molecule is COc1cc(-c2nc(C(C)(C)N)no2)ccc1[N+](=O)[O-]. The first-order valence-electron chi connectivity index (χ1n) is 5.79. The summed E-state index contributed by atoms with van der Waals surface area (Å²) in [5.41, 5.74) is 5.53. The molecule has 2 N–H and O–H groups in total. The van der Waals surface area contributed by atoms with Crippen LogP contribution in [0.3, 0.4) is 0 Å². The average Bonchev–Trinajstić information content (AvgIpc) is 2.87. The highest BCUT2D eigenvalue weighted by Crippen LogP contribution is 2.31. The molecule has 0 amide bonds. The number of ether oxygens (including phenoxy) is 1. The van der Waals surface area contributed by atoms with Gasteiger partial charge in [-0.3, -0.25) is 10.1 Å². The number of nitro groups is 1. The maximum absolute atomic E-state index is 10.8. The highest BCUT2D eigenvalue weighted by molar-refractivity contribution is 5.62. The van der Waals surface area contributed by atoms with Crippen molar-refractivity contribution in [1.29, 1.82) is 0 Å². The normalized spacial score (nSPS) is 11.4. The first-order chi connectivity index (χ1) is 9.32. The number of hydrogen-bond donors (Lipinski definition) is 1. The van der Waals surface area contributed by atoms with Crippen molar-refractivity contribution >= 4 is 5.69 Å². The summed E-state index contributed by atoms with van der Waals surface area (Å²) in [6.45, 7) is 3.50. The molecule has 2 rings (SSSR count). The third kappa shape index (κ3) is 2.59. The van der Waals surface area contributed by atoms with Crippen molar-refractivity contribution in [1.82, 2.24) is 10.1 Å². The van der Waals surface area contributed by atoms with Crippen molar-refractivity contribution in [2.45, 2.75) is 19.4 Å². The average molecular weight is 278 g/mol. The quantitative estimate of drug-likeness (QED) is 0.669. The summed E-state index contributed by atoms with van der Waals surface area (Å²) < 4.78 is 10.1. The predicted octanol–water partition coefficient (Wildman–Crippen LogP) is 1.85. The van der Waals surface area contributed by atoms with Gasteiger partial charge in [-0.25, -0.2) is 0 Å². The summed E-state index contributed by atoms with van der Waals surface area (Å²) in [5, 5.41) is 14.6. The number of nitrogens with zero attached hydrogens (tertiary/aromatic N) is 3. The zero-order chi connectivity index (χ0) is 14.9. The van der Waals surface area contributed by atoms with Gasteiger partial charge in [0.1, 0.15) is 0 Å². The van der Waals surface area contributed by atoms with E-state index in [4.69, 9.17) is 15.0 Å². The predicted molar refractivity (Wildman–Crippen MR) is 70.2 cm³/mol. The minimum Gasteiger partial charge on any atom is -0.490 e. The maximum atomic E-state index is 10.8. The van der Waals surface area contributed by atoms with Crippen molar-refractivity contribution in [2.75, 3.05) is 7.11 Å². The molecule has 8 heteroatoms. The molecule has 0 bridgehead atoms. The molecule has 0 unspecified atom stereocenters. The number of rotatable bonds is 4. The molecule has 0 aliphatic rings. The molecule has 1 aromatic carbocycles. The van der Waals surface area contributed by atoms with Crippen LogP contribution in [0, 0.1) is 10.1 Å². The van der Waals surface area contributed by atoms with Gasteiger partial charge in [-0.15, -0.1) is 0 Å². The Bertz CT molecular complexity index is 645. The number of hydrogen-bond acceptors (Lipinski definition) is 7. The van der Waals surface area contributed by atoms with E-state index in [-0.39, 0.29) is 17.3 Å². The van der Waals surface area contributed by atoms with E-state index < -0.39 is 10.5 Å². The summed E-state index contributed by atoms with van der Waals surface area (Å²) in [5.74, 6) is 0.704. The van der Waals surface area contributed by atoms with Crippen molar-refractivity contribution in [3.05, 3.63) is 34.1 Å². The standard InChI is InChI=1S/C12H14N4O4/c1-12(2,13)11-14-10(20-15-11)7-4-5-8(16(17)18)9(6-7)19-3/h4-6H,13H2,1-3H3. The Labute approximate surface area is 114 Å². The van der Waals surface area contributed by atoms with Gasteiger partial charge in [-0.1, -0.05) is 5.16 Å². The lowest BCUT2D eigenvalue weighted by atomic mass is 10.1. The largest absolute Gasteiger partial charge is 0.490 e. The smallest absolute Gasteiger partial charge is 0.310 e. The van der Waals surface area contributed by atoms with E-state index >= 15 is 0 Å². The Kier molecular flexibility index (Phi) is 3.41. The fourth-order valence-electron chi connectivity index (χ4n) is 1.56. The van der Waals surface area contributed by atoms with E-state index in [1.807, 2.05) is 0 Å². The van der Waals surface area contributed by atoms with Crippen molar-refractivity contribution in [2.24, 2.45) is 5.73 Å². The van der Waals surface area contributed by atoms with Crippen LogP contribution in [0.25, 0.3) is 11.5 Å². The number of aromatic nitrogens is 2. The lowest BCUT2D eigenvalue weighted by molar-refractivity contribution is -0.385. The molecular weight excluding hydrogens is 264 g/mol. The number of benzene rings is 1. The summed E-state index contributed by atoms with van der Waals surface area (Å²) >= 11 is 0. The first kappa shape index (κ1) is 13.9. The molecule has 0 atom stereocenters. The Morgan fingerprint density at radius 2 is 2.15 bits per heavy atom. The zero-order valence-corrected chi connectivity index (χ0v) is 11.3. The molecule has 0 fully saturated rings. The molecule has 106 valence electrons. The molecule has 1 aromatic heterocycles. The molecule has 0 spiro atoms. The lowest BCUT2D eigenvalue weighted by Crippen LogP contribution is -2.30. The van der Waals surface area contributed by atoms with Crippen molar-refractivity contribution < 1.29 is 14.2 Å². The lowest BCUT2D eigenvalue weighted by Gasteiger charge is -2.11. The molecule has 8 nitrogen and oxygen atoms in total. The van der Waals surface area contributed by atoms with E-state index in [2.05, 4.69) is 10.1 Å². The summed E-state index contributed by atoms with van der Waals surface area (Å²) in [6.07, 6.45) is 0. The minimum atomic E-state index is -0.730. The Balaban J connectivity index is 2.43. The monoisotopic (exact) mass is 278 g/mol. The molecule has 2 aromatic rings.